The van der Waals surface area contributed by atoms with Crippen LogP contribution >= 0.6 is 11.8 Å². The first kappa shape index (κ1) is 11.1. The van der Waals surface area contributed by atoms with Crippen molar-refractivity contribution in [2.75, 3.05) is 23.9 Å². The lowest BCUT2D eigenvalue weighted by molar-refractivity contribution is 0.731. The van der Waals surface area contributed by atoms with E-state index >= 15 is 0 Å². The van der Waals surface area contributed by atoms with E-state index in [9.17, 15) is 0 Å². The monoisotopic (exact) mass is 238 g/mol. The number of unbranched alkanes of at least 4 members (excludes halogenated alkanes) is 1. The predicted octanol–water partition coefficient (Wildman–Crippen LogP) is 1.07. The number of thioether (sulfide) groups is 1. The smallest absolute Gasteiger partial charge is 0.200 e. The van der Waals surface area contributed by atoms with Crippen molar-refractivity contribution in [3.8, 4) is 0 Å². The summed E-state index contributed by atoms with van der Waals surface area (Å²) in [4.78, 5) is 0. The van der Waals surface area contributed by atoms with Gasteiger partial charge in [0, 0.05) is 6.54 Å². The topological polar surface area (TPSA) is 68.0 Å². The first-order chi connectivity index (χ1) is 7.90. The van der Waals surface area contributed by atoms with Crippen molar-refractivity contribution in [1.82, 2.24) is 25.3 Å². The number of rotatable bonds is 6. The number of tetrazole rings is 1. The minimum atomic E-state index is 0.660. The lowest BCUT2D eigenvalue weighted by Gasteiger charge is -2.04. The molecule has 0 aliphatic heterocycles. The van der Waals surface area contributed by atoms with Crippen LogP contribution in [0.3, 0.4) is 0 Å². The van der Waals surface area contributed by atoms with Gasteiger partial charge in [0.05, 0.1) is 0 Å². The number of aromatic nitrogens is 5. The van der Waals surface area contributed by atoms with Crippen LogP contribution < -0.4 is 5.32 Å². The highest BCUT2D eigenvalue weighted by atomic mass is 32.2. The summed E-state index contributed by atoms with van der Waals surface area (Å²) >= 11 is 1.88. The molecule has 2 aromatic heterocycles. The minimum Gasteiger partial charge on any atom is -0.369 e. The Hall–Kier alpha value is -1.37. The molecule has 0 amide bonds. The molecule has 0 radical (unpaired) electrons. The average molecular weight is 238 g/mol. The first-order valence-electron chi connectivity index (χ1n) is 5.18. The number of nitrogens with one attached hydrogen (secondary N) is 1. The summed E-state index contributed by atoms with van der Waals surface area (Å²) in [6, 6.07) is 3.73. The third kappa shape index (κ3) is 2.82. The molecule has 0 aromatic carbocycles. The Kier molecular flexibility index (Phi) is 3.92. The maximum Gasteiger partial charge on any atom is 0.200 e. The van der Waals surface area contributed by atoms with Crippen molar-refractivity contribution in [2.24, 2.45) is 0 Å². The van der Waals surface area contributed by atoms with Crippen LogP contribution in [0.25, 0.3) is 5.65 Å². The number of anilines is 1. The summed E-state index contributed by atoms with van der Waals surface area (Å²) in [6.45, 7) is 0.932. The molecule has 0 spiro atoms. The van der Waals surface area contributed by atoms with E-state index in [-0.39, 0.29) is 0 Å². The number of hydrogen-bond acceptors (Lipinski definition) is 6. The summed E-state index contributed by atoms with van der Waals surface area (Å²) in [5.41, 5.74) is 0.660. The van der Waals surface area contributed by atoms with Crippen LogP contribution in [-0.4, -0.2) is 43.8 Å². The van der Waals surface area contributed by atoms with Gasteiger partial charge in [0.15, 0.2) is 5.65 Å². The molecule has 0 aliphatic rings. The molecular formula is C9H14N6S. The molecule has 1 N–H and O–H groups in total. The molecule has 86 valence electrons. The molecule has 2 rings (SSSR count). The standard InChI is InChI=1S/C9H14N6S/c1-16-7-3-2-6-10-8-4-5-9-11-13-14-15(9)12-8/h4-5H,2-3,6-7H2,1H3,(H,10,12). The van der Waals surface area contributed by atoms with Crippen LogP contribution in [0.1, 0.15) is 12.8 Å². The van der Waals surface area contributed by atoms with E-state index in [1.807, 2.05) is 23.9 Å². The highest BCUT2D eigenvalue weighted by Crippen LogP contribution is 2.04. The molecule has 2 aromatic rings. The molecule has 0 bridgehead atoms. The van der Waals surface area contributed by atoms with Gasteiger partial charge in [-0.25, -0.2) is 0 Å². The first-order valence-corrected chi connectivity index (χ1v) is 6.58. The van der Waals surface area contributed by atoms with E-state index in [2.05, 4.69) is 32.2 Å². The van der Waals surface area contributed by atoms with Crippen molar-refractivity contribution in [3.63, 3.8) is 0 Å². The highest BCUT2D eigenvalue weighted by molar-refractivity contribution is 7.98. The Balaban J connectivity index is 1.84. The van der Waals surface area contributed by atoms with Gasteiger partial charge in [-0.3, -0.25) is 0 Å². The summed E-state index contributed by atoms with van der Waals surface area (Å²) in [6.07, 6.45) is 4.50. The molecule has 0 saturated heterocycles. The summed E-state index contributed by atoms with van der Waals surface area (Å²) in [5.74, 6) is 2.02. The predicted molar refractivity (Wildman–Crippen MR) is 64.7 cm³/mol. The van der Waals surface area contributed by atoms with Gasteiger partial charge in [-0.05, 0) is 47.4 Å². The van der Waals surface area contributed by atoms with Crippen LogP contribution in [0.2, 0.25) is 0 Å². The Labute approximate surface area is 97.8 Å². The Bertz CT molecular complexity index is 442. The molecule has 2 heterocycles. The third-order valence-corrected chi connectivity index (χ3v) is 2.85. The quantitative estimate of drug-likeness (QED) is 0.759. The van der Waals surface area contributed by atoms with Crippen molar-refractivity contribution in [1.29, 1.82) is 0 Å². The molecule has 0 unspecified atom stereocenters. The van der Waals surface area contributed by atoms with Crippen molar-refractivity contribution < 1.29 is 0 Å². The maximum absolute atomic E-state index is 4.22. The third-order valence-electron chi connectivity index (χ3n) is 2.15. The Morgan fingerprint density at radius 2 is 2.31 bits per heavy atom. The lowest BCUT2D eigenvalue weighted by atomic mass is 10.3. The second kappa shape index (κ2) is 5.64. The van der Waals surface area contributed by atoms with Gasteiger partial charge in [-0.1, -0.05) is 0 Å². The van der Waals surface area contributed by atoms with Gasteiger partial charge in [-0.2, -0.15) is 11.8 Å². The fourth-order valence-corrected chi connectivity index (χ4v) is 1.82. The molecule has 0 aliphatic carbocycles. The van der Waals surface area contributed by atoms with Crippen LogP contribution in [0.5, 0.6) is 0 Å². The van der Waals surface area contributed by atoms with E-state index < -0.39 is 0 Å². The summed E-state index contributed by atoms with van der Waals surface area (Å²) in [5, 5.41) is 18.5. The van der Waals surface area contributed by atoms with Crippen LogP contribution in [0.4, 0.5) is 5.82 Å². The fraction of sp³-hybridized carbons (Fsp3) is 0.556. The van der Waals surface area contributed by atoms with Gasteiger partial charge < -0.3 is 5.32 Å². The van der Waals surface area contributed by atoms with Gasteiger partial charge >= 0.3 is 0 Å². The largest absolute Gasteiger partial charge is 0.369 e. The molecule has 16 heavy (non-hydrogen) atoms. The van der Waals surface area contributed by atoms with Crippen molar-refractivity contribution in [3.05, 3.63) is 12.1 Å². The normalized spacial score (nSPS) is 10.8. The van der Waals surface area contributed by atoms with E-state index in [1.54, 1.807) is 0 Å². The molecule has 6 nitrogen and oxygen atoms in total. The average Bonchev–Trinajstić information content (AvgIpc) is 2.76. The van der Waals surface area contributed by atoms with Gasteiger partial charge in [-0.15, -0.1) is 14.8 Å². The second-order valence-corrected chi connectivity index (χ2v) is 4.36. The van der Waals surface area contributed by atoms with Crippen LogP contribution in [0.15, 0.2) is 12.1 Å². The summed E-state index contributed by atoms with van der Waals surface area (Å²) in [7, 11) is 0. The van der Waals surface area contributed by atoms with E-state index in [0.29, 0.717) is 5.65 Å². The zero-order valence-electron chi connectivity index (χ0n) is 9.13. The van der Waals surface area contributed by atoms with Crippen molar-refractivity contribution in [2.45, 2.75) is 12.8 Å². The number of fused-ring (bicyclic) bond motifs is 1. The lowest BCUT2D eigenvalue weighted by Crippen LogP contribution is -2.06. The molecule has 0 atom stereocenters. The fourth-order valence-electron chi connectivity index (χ4n) is 1.33. The van der Waals surface area contributed by atoms with Crippen molar-refractivity contribution >= 4 is 23.2 Å². The van der Waals surface area contributed by atoms with E-state index in [0.717, 1.165) is 18.8 Å². The minimum absolute atomic E-state index is 0.660. The second-order valence-electron chi connectivity index (χ2n) is 3.37. The highest BCUT2D eigenvalue weighted by Gasteiger charge is 1.99. The molecule has 7 heteroatoms. The Morgan fingerprint density at radius 1 is 1.38 bits per heavy atom. The zero-order chi connectivity index (χ0) is 11.2. The SMILES string of the molecule is CSCCCCNc1ccc2nnnn2n1. The van der Waals surface area contributed by atoms with Gasteiger partial charge in [0.1, 0.15) is 5.82 Å². The van der Waals surface area contributed by atoms with E-state index in [1.165, 1.54) is 16.8 Å². The molecular weight excluding hydrogens is 224 g/mol. The Morgan fingerprint density at radius 3 is 3.19 bits per heavy atom. The van der Waals surface area contributed by atoms with Crippen LogP contribution in [-0.2, 0) is 0 Å². The van der Waals surface area contributed by atoms with E-state index in [4.69, 9.17) is 0 Å². The zero-order valence-corrected chi connectivity index (χ0v) is 9.94. The number of nitrogens with zero attached hydrogens (tertiary/aromatic N) is 5. The number of hydrogen-bond donors (Lipinski definition) is 1. The maximum atomic E-state index is 4.22. The summed E-state index contributed by atoms with van der Waals surface area (Å²) < 4.78 is 1.42. The van der Waals surface area contributed by atoms with Gasteiger partial charge in [0.2, 0.25) is 0 Å². The van der Waals surface area contributed by atoms with Gasteiger partial charge in [0.25, 0.3) is 0 Å². The molecule has 0 fully saturated rings. The molecule has 0 saturated carbocycles. The van der Waals surface area contributed by atoms with Crippen LogP contribution in [0, 0.1) is 0 Å².